The summed E-state index contributed by atoms with van der Waals surface area (Å²) in [5.74, 6) is 0. The van der Waals surface area contributed by atoms with Gasteiger partial charge in [0.2, 0.25) is 0 Å². The normalized spacial score (nSPS) is 12.6. The first kappa shape index (κ1) is 44.1. The monoisotopic (exact) mass is 990 g/mol. The van der Waals surface area contributed by atoms with E-state index in [9.17, 15) is 0 Å². The molecule has 15 aromatic rings. The molecule has 0 fully saturated rings. The van der Waals surface area contributed by atoms with Crippen molar-refractivity contribution in [2.24, 2.45) is 0 Å². The quantitative estimate of drug-likeness (QED) is 0.142. The van der Waals surface area contributed by atoms with Crippen LogP contribution in [-0.4, -0.2) is 0 Å². The predicted octanol–water partition coefficient (Wildman–Crippen LogP) is 22.0. The smallest absolute Gasteiger partial charge is 0.00199 e. The largest absolute Gasteiger partial charge is 0.0622 e. The van der Waals surface area contributed by atoms with Crippen LogP contribution in [0.15, 0.2) is 206 Å². The molecule has 2 aliphatic carbocycles. The minimum Gasteiger partial charge on any atom is -0.0622 e. The highest BCUT2D eigenvalue weighted by Gasteiger charge is 2.32. The molecule has 0 nitrogen and oxygen atoms in total. The van der Waals surface area contributed by atoms with E-state index in [4.69, 9.17) is 0 Å². The van der Waals surface area contributed by atoms with Crippen molar-refractivity contribution in [2.45, 2.75) is 53.4 Å². The number of fused-ring (bicyclic) bond motifs is 12. The van der Waals surface area contributed by atoms with Gasteiger partial charge in [0.25, 0.3) is 0 Å². The van der Waals surface area contributed by atoms with Gasteiger partial charge in [0.05, 0.1) is 0 Å². The maximum absolute atomic E-state index is 2.53. The second-order valence-electron chi connectivity index (χ2n) is 22.3. The molecular formula is C78H54. The van der Waals surface area contributed by atoms with E-state index in [1.54, 1.807) is 0 Å². The lowest BCUT2D eigenvalue weighted by molar-refractivity contribution is 1.11. The van der Waals surface area contributed by atoms with Gasteiger partial charge in [-0.1, -0.05) is 222 Å². The fourth-order valence-corrected chi connectivity index (χ4v) is 15.6. The number of aryl methyl sites for hydroxylation is 2. The molecule has 15 aromatic carbocycles. The summed E-state index contributed by atoms with van der Waals surface area (Å²) in [6, 6.07) is 79.7. The van der Waals surface area contributed by atoms with Crippen molar-refractivity contribution in [3.8, 4) is 89.0 Å². The summed E-state index contributed by atoms with van der Waals surface area (Å²) in [6.07, 6.45) is 3.94. The van der Waals surface area contributed by atoms with Crippen LogP contribution in [0.3, 0.4) is 0 Å². The van der Waals surface area contributed by atoms with Gasteiger partial charge >= 0.3 is 0 Å². The van der Waals surface area contributed by atoms with Crippen LogP contribution in [0.2, 0.25) is 0 Å². The van der Waals surface area contributed by atoms with Crippen LogP contribution in [-0.2, 0) is 25.7 Å². The fraction of sp³-hybridized carbons (Fsp3) is 0.103. The van der Waals surface area contributed by atoms with E-state index in [0.29, 0.717) is 0 Å². The molecule has 0 saturated heterocycles. The van der Waals surface area contributed by atoms with E-state index in [-0.39, 0.29) is 0 Å². The van der Waals surface area contributed by atoms with Crippen molar-refractivity contribution in [3.05, 3.63) is 229 Å². The van der Waals surface area contributed by atoms with Crippen molar-refractivity contribution in [1.29, 1.82) is 0 Å². The average molecular weight is 991 g/mol. The lowest BCUT2D eigenvalue weighted by Gasteiger charge is -2.18. The lowest BCUT2D eigenvalue weighted by Crippen LogP contribution is -1.97. The summed E-state index contributed by atoms with van der Waals surface area (Å²) in [7, 11) is 0. The maximum Gasteiger partial charge on any atom is -0.00199 e. The van der Waals surface area contributed by atoms with E-state index in [0.717, 1.165) is 25.7 Å². The van der Waals surface area contributed by atoms with Crippen molar-refractivity contribution in [3.63, 3.8) is 0 Å². The summed E-state index contributed by atoms with van der Waals surface area (Å²) < 4.78 is 0. The average Bonchev–Trinajstić information content (AvgIpc) is 4.37. The number of rotatable bonds is 8. The second-order valence-corrected chi connectivity index (χ2v) is 22.3. The van der Waals surface area contributed by atoms with E-state index in [2.05, 4.69) is 234 Å². The van der Waals surface area contributed by atoms with Crippen LogP contribution in [0.5, 0.6) is 0 Å². The lowest BCUT2D eigenvalue weighted by atomic mass is 9.85. The third kappa shape index (κ3) is 5.64. The zero-order chi connectivity index (χ0) is 51.7. The standard InChI is InChI=1S/C78H54/c1-5-43-39-65(45-19-11-9-12-20-45)47(7-3)77-61-29-17-25-55-51(33-37-63(71(43)77)75(55)61)49-31-35-59-69-42-70-60-36-32-50(54-24-16-28-58(74(54)60)68(70)41-67(69)57-27-15-23-53(49)73(57)59)52-34-38-64-72-44(6-2)40-66(46-21-13-10-14-22-46)48(8-4)78(72)62-30-18-26-56(52)76(62)64/h9-42H,5-8H2,1-4H3. The molecule has 0 atom stereocenters. The van der Waals surface area contributed by atoms with Gasteiger partial charge in [0.15, 0.2) is 0 Å². The van der Waals surface area contributed by atoms with Crippen molar-refractivity contribution < 1.29 is 0 Å². The van der Waals surface area contributed by atoms with E-state index in [1.807, 2.05) is 0 Å². The summed E-state index contributed by atoms with van der Waals surface area (Å²) in [4.78, 5) is 0. The van der Waals surface area contributed by atoms with Crippen molar-refractivity contribution in [1.82, 2.24) is 0 Å². The molecule has 17 rings (SSSR count). The molecule has 0 N–H and O–H groups in total. The fourth-order valence-electron chi connectivity index (χ4n) is 15.6. The Hall–Kier alpha value is -9.10. The molecule has 0 amide bonds. The maximum atomic E-state index is 2.53. The van der Waals surface area contributed by atoms with E-state index >= 15 is 0 Å². The summed E-state index contributed by atoms with van der Waals surface area (Å²) in [6.45, 7) is 9.29. The topological polar surface area (TPSA) is 0 Å². The van der Waals surface area contributed by atoms with Crippen LogP contribution in [0.4, 0.5) is 0 Å². The minimum atomic E-state index is 0.980. The van der Waals surface area contributed by atoms with Gasteiger partial charge in [-0.2, -0.15) is 0 Å². The summed E-state index contributed by atoms with van der Waals surface area (Å²) in [5, 5.41) is 21.5. The van der Waals surface area contributed by atoms with Gasteiger partial charge in [-0.15, -0.1) is 0 Å². The zero-order valence-corrected chi connectivity index (χ0v) is 44.5. The molecular weight excluding hydrogens is 937 g/mol. The molecule has 0 heteroatoms. The highest BCUT2D eigenvalue weighted by molar-refractivity contribution is 6.39. The van der Waals surface area contributed by atoms with Gasteiger partial charge in [0, 0.05) is 0 Å². The van der Waals surface area contributed by atoms with E-state index < -0.39 is 0 Å². The van der Waals surface area contributed by atoms with Crippen molar-refractivity contribution >= 4 is 86.2 Å². The van der Waals surface area contributed by atoms with Gasteiger partial charge in [-0.05, 0) is 235 Å². The van der Waals surface area contributed by atoms with Gasteiger partial charge in [0.1, 0.15) is 0 Å². The molecule has 0 unspecified atom stereocenters. The van der Waals surface area contributed by atoms with Gasteiger partial charge < -0.3 is 0 Å². The van der Waals surface area contributed by atoms with Crippen LogP contribution in [0.25, 0.3) is 175 Å². The Balaban J connectivity index is 0.821. The Morgan fingerprint density at radius 1 is 0.205 bits per heavy atom. The Kier molecular flexibility index (Phi) is 9.16. The first-order chi connectivity index (χ1) is 38.6. The minimum absolute atomic E-state index is 0.980. The van der Waals surface area contributed by atoms with Gasteiger partial charge in [-0.25, -0.2) is 0 Å². The Morgan fingerprint density at radius 3 is 0.910 bits per heavy atom. The summed E-state index contributed by atoms with van der Waals surface area (Å²) in [5.41, 5.74) is 27.6. The number of hydrogen-bond acceptors (Lipinski definition) is 0. The van der Waals surface area contributed by atoms with Crippen LogP contribution < -0.4 is 0 Å². The highest BCUT2D eigenvalue weighted by Crippen LogP contribution is 2.57. The van der Waals surface area contributed by atoms with Crippen LogP contribution in [0.1, 0.15) is 49.9 Å². The van der Waals surface area contributed by atoms with Gasteiger partial charge in [-0.3, -0.25) is 0 Å². The van der Waals surface area contributed by atoms with Crippen molar-refractivity contribution in [2.75, 3.05) is 0 Å². The Morgan fingerprint density at radius 2 is 0.526 bits per heavy atom. The zero-order valence-electron chi connectivity index (χ0n) is 44.5. The molecule has 0 bridgehead atoms. The molecule has 2 aliphatic rings. The second kappa shape index (κ2) is 16.2. The van der Waals surface area contributed by atoms with Crippen LogP contribution in [0, 0.1) is 0 Å². The Bertz CT molecular complexity index is 4720. The highest BCUT2D eigenvalue weighted by atomic mass is 14.3. The number of benzene rings is 13. The first-order valence-electron chi connectivity index (χ1n) is 28.5. The molecule has 0 heterocycles. The third-order valence-electron chi connectivity index (χ3n) is 18.8. The SMILES string of the molecule is CCc1cc(-c2ccccc2)c(CC)c2c1-c1ccc(-c3ccc4c5cc6c(cc5c5cccc3c54)c3cccc4c(-c5ccc7c8c(cccc58)-c5c(CC)c(-c8ccccc8)cc(CC)c5-7)ccc6c43)c3cccc-2c13. The molecule has 0 spiro atoms. The molecule has 0 saturated carbocycles. The number of hydrogen-bond donors (Lipinski definition) is 0. The first-order valence-corrected chi connectivity index (χ1v) is 28.5. The molecule has 0 radical (unpaired) electrons. The summed E-state index contributed by atoms with van der Waals surface area (Å²) >= 11 is 0. The molecule has 0 aromatic heterocycles. The molecule has 0 aliphatic heterocycles. The Labute approximate surface area is 454 Å². The van der Waals surface area contributed by atoms with Crippen LogP contribution >= 0.6 is 0 Å². The third-order valence-corrected chi connectivity index (χ3v) is 18.8. The predicted molar refractivity (Wildman–Crippen MR) is 337 cm³/mol. The van der Waals surface area contributed by atoms with E-state index in [1.165, 1.54) is 197 Å². The molecule has 78 heavy (non-hydrogen) atoms. The molecule has 366 valence electrons.